The van der Waals surface area contributed by atoms with E-state index in [4.69, 9.17) is 19.0 Å². The fraction of sp³-hybridized carbons (Fsp3) is 0.357. The van der Waals surface area contributed by atoms with Crippen LogP contribution in [-0.4, -0.2) is 25.3 Å². The molecule has 0 atom stereocenters. The van der Waals surface area contributed by atoms with Gasteiger partial charge in [0.05, 0.1) is 19.6 Å². The normalized spacial score (nSPS) is 10.7. The number of aryl methyl sites for hydroxylation is 1. The standard InChI is InChI=1S/C14H16O5/c1-7-10(6-12(15)16)19-11-5-9(17-3)8(2)14(18-4)13(7)11/h5H,6H2,1-4H3,(H,15,16). The molecular weight excluding hydrogens is 248 g/mol. The summed E-state index contributed by atoms with van der Waals surface area (Å²) in [5.41, 5.74) is 2.23. The van der Waals surface area contributed by atoms with Gasteiger partial charge in [0, 0.05) is 17.2 Å². The number of carboxylic acid groups (broad SMARTS) is 1. The highest BCUT2D eigenvalue weighted by molar-refractivity contribution is 5.92. The highest BCUT2D eigenvalue weighted by Crippen LogP contribution is 2.40. The van der Waals surface area contributed by atoms with Crippen LogP contribution in [0.5, 0.6) is 11.5 Å². The molecule has 1 aromatic heterocycles. The van der Waals surface area contributed by atoms with Crippen LogP contribution in [-0.2, 0) is 11.2 Å². The molecule has 102 valence electrons. The van der Waals surface area contributed by atoms with E-state index in [2.05, 4.69) is 0 Å². The molecule has 0 aliphatic rings. The highest BCUT2D eigenvalue weighted by atomic mass is 16.5. The van der Waals surface area contributed by atoms with E-state index in [0.717, 1.165) is 16.5 Å². The number of carbonyl (C=O) groups is 1. The van der Waals surface area contributed by atoms with Gasteiger partial charge in [-0.1, -0.05) is 0 Å². The molecule has 1 N–H and O–H groups in total. The van der Waals surface area contributed by atoms with Crippen molar-refractivity contribution >= 4 is 16.9 Å². The van der Waals surface area contributed by atoms with Gasteiger partial charge in [-0.25, -0.2) is 0 Å². The Kier molecular flexibility index (Phi) is 3.38. The van der Waals surface area contributed by atoms with Gasteiger partial charge in [-0.2, -0.15) is 0 Å². The van der Waals surface area contributed by atoms with Crippen LogP contribution in [0.4, 0.5) is 0 Å². The second kappa shape index (κ2) is 4.84. The van der Waals surface area contributed by atoms with Gasteiger partial charge in [0.15, 0.2) is 0 Å². The number of hydrogen-bond acceptors (Lipinski definition) is 4. The first-order valence-electron chi connectivity index (χ1n) is 5.85. The van der Waals surface area contributed by atoms with E-state index in [1.54, 1.807) is 20.3 Å². The lowest BCUT2D eigenvalue weighted by Gasteiger charge is -2.10. The van der Waals surface area contributed by atoms with Gasteiger partial charge in [0.2, 0.25) is 0 Å². The van der Waals surface area contributed by atoms with Crippen molar-refractivity contribution in [2.45, 2.75) is 20.3 Å². The molecule has 0 unspecified atom stereocenters. The second-order valence-corrected chi connectivity index (χ2v) is 4.33. The first-order valence-corrected chi connectivity index (χ1v) is 5.85. The number of fused-ring (bicyclic) bond motifs is 1. The SMILES string of the molecule is COc1cc2oc(CC(=O)O)c(C)c2c(OC)c1C. The largest absolute Gasteiger partial charge is 0.496 e. The van der Waals surface area contributed by atoms with Crippen molar-refractivity contribution in [3.63, 3.8) is 0 Å². The minimum absolute atomic E-state index is 0.148. The zero-order valence-corrected chi connectivity index (χ0v) is 11.4. The molecule has 0 aliphatic heterocycles. The summed E-state index contributed by atoms with van der Waals surface area (Å²) in [5, 5.41) is 9.69. The molecule has 1 aromatic carbocycles. The van der Waals surface area contributed by atoms with Crippen LogP contribution in [0, 0.1) is 13.8 Å². The fourth-order valence-electron chi connectivity index (χ4n) is 2.27. The van der Waals surface area contributed by atoms with Crippen molar-refractivity contribution in [2.24, 2.45) is 0 Å². The summed E-state index contributed by atoms with van der Waals surface area (Å²) in [5.74, 6) is 0.825. The highest BCUT2D eigenvalue weighted by Gasteiger charge is 2.20. The number of hydrogen-bond donors (Lipinski definition) is 1. The Morgan fingerprint density at radius 3 is 2.47 bits per heavy atom. The van der Waals surface area contributed by atoms with Crippen LogP contribution in [0.15, 0.2) is 10.5 Å². The smallest absolute Gasteiger partial charge is 0.311 e. The van der Waals surface area contributed by atoms with Crippen molar-refractivity contribution in [3.05, 3.63) is 23.0 Å². The van der Waals surface area contributed by atoms with Gasteiger partial charge in [-0.05, 0) is 13.8 Å². The molecule has 0 spiro atoms. The van der Waals surface area contributed by atoms with Crippen LogP contribution in [0.3, 0.4) is 0 Å². The topological polar surface area (TPSA) is 68.9 Å². The van der Waals surface area contributed by atoms with E-state index < -0.39 is 5.97 Å². The summed E-state index contributed by atoms with van der Waals surface area (Å²) in [6.07, 6.45) is -0.148. The Labute approximate surface area is 110 Å². The molecule has 0 bridgehead atoms. The predicted octanol–water partition coefficient (Wildman–Crippen LogP) is 2.69. The summed E-state index contributed by atoms with van der Waals surface area (Å²) in [4.78, 5) is 10.8. The zero-order valence-electron chi connectivity index (χ0n) is 11.4. The quantitative estimate of drug-likeness (QED) is 0.919. The number of benzene rings is 1. The first-order chi connectivity index (χ1) is 8.99. The van der Waals surface area contributed by atoms with Crippen molar-refractivity contribution in [1.29, 1.82) is 0 Å². The van der Waals surface area contributed by atoms with Gasteiger partial charge in [-0.15, -0.1) is 0 Å². The maximum absolute atomic E-state index is 10.8. The molecule has 0 amide bonds. The second-order valence-electron chi connectivity index (χ2n) is 4.33. The molecular formula is C14H16O5. The average Bonchev–Trinajstić information content (AvgIpc) is 2.65. The summed E-state index contributed by atoms with van der Waals surface area (Å²) in [6.45, 7) is 3.72. The Morgan fingerprint density at radius 1 is 1.26 bits per heavy atom. The van der Waals surface area contributed by atoms with E-state index in [1.165, 1.54) is 0 Å². The molecule has 0 radical (unpaired) electrons. The third kappa shape index (κ3) is 2.12. The predicted molar refractivity (Wildman–Crippen MR) is 70.1 cm³/mol. The Morgan fingerprint density at radius 2 is 1.95 bits per heavy atom. The van der Waals surface area contributed by atoms with Crippen LogP contribution >= 0.6 is 0 Å². The molecule has 0 saturated heterocycles. The molecule has 2 rings (SSSR count). The number of aliphatic carboxylic acids is 1. The lowest BCUT2D eigenvalue weighted by atomic mass is 10.1. The van der Waals surface area contributed by atoms with Crippen LogP contribution in [0.25, 0.3) is 11.0 Å². The third-order valence-corrected chi connectivity index (χ3v) is 3.21. The van der Waals surface area contributed by atoms with E-state index in [0.29, 0.717) is 22.8 Å². The lowest BCUT2D eigenvalue weighted by Crippen LogP contribution is -1.99. The first kappa shape index (κ1) is 13.3. The molecule has 19 heavy (non-hydrogen) atoms. The summed E-state index contributed by atoms with van der Waals surface area (Å²) < 4.78 is 16.3. The molecule has 0 saturated carbocycles. The van der Waals surface area contributed by atoms with E-state index in [9.17, 15) is 4.79 Å². The lowest BCUT2D eigenvalue weighted by molar-refractivity contribution is -0.136. The number of carboxylic acids is 1. The van der Waals surface area contributed by atoms with Crippen molar-refractivity contribution < 1.29 is 23.8 Å². The number of furan rings is 1. The van der Waals surface area contributed by atoms with Crippen LogP contribution in [0.2, 0.25) is 0 Å². The molecule has 1 heterocycles. The maximum Gasteiger partial charge on any atom is 0.311 e. The Hall–Kier alpha value is -2.17. The van der Waals surface area contributed by atoms with Crippen molar-refractivity contribution in [2.75, 3.05) is 14.2 Å². The van der Waals surface area contributed by atoms with Gasteiger partial charge in [0.25, 0.3) is 0 Å². The van der Waals surface area contributed by atoms with E-state index >= 15 is 0 Å². The molecule has 0 fully saturated rings. The number of rotatable bonds is 4. The molecule has 5 heteroatoms. The van der Waals surface area contributed by atoms with Crippen molar-refractivity contribution in [1.82, 2.24) is 0 Å². The minimum Gasteiger partial charge on any atom is -0.496 e. The van der Waals surface area contributed by atoms with E-state index in [1.807, 2.05) is 13.8 Å². The minimum atomic E-state index is -0.926. The number of methoxy groups -OCH3 is 2. The number of ether oxygens (including phenoxy) is 2. The maximum atomic E-state index is 10.8. The molecule has 0 aliphatic carbocycles. The summed E-state index contributed by atoms with van der Waals surface area (Å²) >= 11 is 0. The Balaban J connectivity index is 2.75. The summed E-state index contributed by atoms with van der Waals surface area (Å²) in [6, 6.07) is 1.76. The van der Waals surface area contributed by atoms with Gasteiger partial charge in [0.1, 0.15) is 29.3 Å². The fourth-order valence-corrected chi connectivity index (χ4v) is 2.27. The van der Waals surface area contributed by atoms with Crippen LogP contribution < -0.4 is 9.47 Å². The van der Waals surface area contributed by atoms with Gasteiger partial charge < -0.3 is 19.0 Å². The van der Waals surface area contributed by atoms with E-state index in [-0.39, 0.29) is 6.42 Å². The Bertz CT molecular complexity index is 639. The van der Waals surface area contributed by atoms with Crippen LogP contribution in [0.1, 0.15) is 16.9 Å². The summed E-state index contributed by atoms with van der Waals surface area (Å²) in [7, 11) is 3.14. The monoisotopic (exact) mass is 264 g/mol. The molecule has 2 aromatic rings. The third-order valence-electron chi connectivity index (χ3n) is 3.21. The zero-order chi connectivity index (χ0) is 14.2. The average molecular weight is 264 g/mol. The van der Waals surface area contributed by atoms with Gasteiger partial charge in [-0.3, -0.25) is 4.79 Å². The molecule has 5 nitrogen and oxygen atoms in total. The van der Waals surface area contributed by atoms with Crippen molar-refractivity contribution in [3.8, 4) is 11.5 Å². The van der Waals surface area contributed by atoms with Gasteiger partial charge >= 0.3 is 5.97 Å².